The van der Waals surface area contributed by atoms with Crippen LogP contribution in [0.4, 0.5) is 11.6 Å². The summed E-state index contributed by atoms with van der Waals surface area (Å²) in [5.41, 5.74) is 1.15. The first kappa shape index (κ1) is 13.7. The fourth-order valence-corrected chi connectivity index (χ4v) is 1.72. The second kappa shape index (κ2) is 7.06. The van der Waals surface area contributed by atoms with Crippen molar-refractivity contribution in [3.8, 4) is 0 Å². The van der Waals surface area contributed by atoms with Gasteiger partial charge in [-0.3, -0.25) is 0 Å². The molecule has 1 rings (SSSR count). The number of nitrogens with one attached hydrogen (secondary N) is 2. The van der Waals surface area contributed by atoms with Crippen molar-refractivity contribution in [2.24, 2.45) is 0 Å². The van der Waals surface area contributed by atoms with Crippen molar-refractivity contribution in [3.05, 3.63) is 11.9 Å². The molecular formula is C12H23N5. The number of hydrogen-bond acceptors (Lipinski definition) is 5. The van der Waals surface area contributed by atoms with Crippen LogP contribution in [-0.2, 0) is 6.42 Å². The van der Waals surface area contributed by atoms with Crippen LogP contribution in [0.2, 0.25) is 0 Å². The standard InChI is InChI=1S/C12H23N5/c1-5-10-11(13-2)15-9-16-12(10)14-7-6-8-17(3)4/h9H,5-8H2,1-4H3,(H2,13,14,15,16). The molecule has 0 unspecified atom stereocenters. The molecule has 1 heterocycles. The fourth-order valence-electron chi connectivity index (χ4n) is 1.72. The molecule has 96 valence electrons. The predicted octanol–water partition coefficient (Wildman–Crippen LogP) is 1.44. The number of anilines is 2. The molecular weight excluding hydrogens is 214 g/mol. The van der Waals surface area contributed by atoms with Crippen LogP contribution in [-0.4, -0.2) is 49.1 Å². The van der Waals surface area contributed by atoms with Crippen LogP contribution in [0.25, 0.3) is 0 Å². The number of rotatable bonds is 7. The molecule has 0 saturated heterocycles. The lowest BCUT2D eigenvalue weighted by Crippen LogP contribution is -2.17. The summed E-state index contributed by atoms with van der Waals surface area (Å²) in [7, 11) is 6.06. The van der Waals surface area contributed by atoms with Crippen LogP contribution in [0.3, 0.4) is 0 Å². The van der Waals surface area contributed by atoms with Gasteiger partial charge in [0.2, 0.25) is 0 Å². The van der Waals surface area contributed by atoms with Gasteiger partial charge < -0.3 is 15.5 Å². The van der Waals surface area contributed by atoms with E-state index in [1.165, 1.54) is 0 Å². The summed E-state index contributed by atoms with van der Waals surface area (Å²) in [4.78, 5) is 10.7. The minimum absolute atomic E-state index is 0.914. The van der Waals surface area contributed by atoms with Gasteiger partial charge in [-0.05, 0) is 33.5 Å². The highest BCUT2D eigenvalue weighted by Gasteiger charge is 2.07. The summed E-state index contributed by atoms with van der Waals surface area (Å²) < 4.78 is 0. The molecule has 0 spiro atoms. The molecule has 17 heavy (non-hydrogen) atoms. The van der Waals surface area contributed by atoms with Crippen LogP contribution in [0.5, 0.6) is 0 Å². The average molecular weight is 237 g/mol. The fraction of sp³-hybridized carbons (Fsp3) is 0.667. The summed E-state index contributed by atoms with van der Waals surface area (Å²) >= 11 is 0. The molecule has 5 heteroatoms. The Kier molecular flexibility index (Phi) is 5.69. The van der Waals surface area contributed by atoms with Gasteiger partial charge >= 0.3 is 0 Å². The van der Waals surface area contributed by atoms with Crippen molar-refractivity contribution in [2.45, 2.75) is 19.8 Å². The predicted molar refractivity (Wildman–Crippen MR) is 72.6 cm³/mol. The van der Waals surface area contributed by atoms with Crippen LogP contribution >= 0.6 is 0 Å². The van der Waals surface area contributed by atoms with E-state index in [-0.39, 0.29) is 0 Å². The first-order chi connectivity index (χ1) is 8.19. The molecule has 0 aromatic carbocycles. The summed E-state index contributed by atoms with van der Waals surface area (Å²) in [6.45, 7) is 4.13. The molecule has 0 bridgehead atoms. The Morgan fingerprint density at radius 2 is 1.94 bits per heavy atom. The molecule has 5 nitrogen and oxygen atoms in total. The van der Waals surface area contributed by atoms with Gasteiger partial charge in [0.1, 0.15) is 18.0 Å². The van der Waals surface area contributed by atoms with Crippen LogP contribution in [0.1, 0.15) is 18.9 Å². The van der Waals surface area contributed by atoms with Crippen molar-refractivity contribution in [3.63, 3.8) is 0 Å². The molecule has 1 aromatic heterocycles. The number of hydrogen-bond donors (Lipinski definition) is 2. The van der Waals surface area contributed by atoms with Gasteiger partial charge in [-0.1, -0.05) is 6.92 Å². The SMILES string of the molecule is CCc1c(NC)ncnc1NCCCN(C)C. The van der Waals surface area contributed by atoms with Crippen molar-refractivity contribution >= 4 is 11.6 Å². The van der Waals surface area contributed by atoms with E-state index in [0.717, 1.165) is 43.1 Å². The Hall–Kier alpha value is -1.36. The summed E-state index contributed by atoms with van der Waals surface area (Å²) in [5, 5.41) is 6.47. The zero-order chi connectivity index (χ0) is 12.7. The topological polar surface area (TPSA) is 53.1 Å². The van der Waals surface area contributed by atoms with Gasteiger partial charge in [0.05, 0.1) is 0 Å². The van der Waals surface area contributed by atoms with Crippen molar-refractivity contribution in [1.82, 2.24) is 14.9 Å². The zero-order valence-electron chi connectivity index (χ0n) is 11.2. The van der Waals surface area contributed by atoms with Gasteiger partial charge in [0.25, 0.3) is 0 Å². The molecule has 0 saturated carbocycles. The molecule has 0 fully saturated rings. The Balaban J connectivity index is 2.58. The maximum absolute atomic E-state index is 4.30. The smallest absolute Gasteiger partial charge is 0.134 e. The number of aromatic nitrogens is 2. The van der Waals surface area contributed by atoms with Gasteiger partial charge in [0, 0.05) is 19.2 Å². The van der Waals surface area contributed by atoms with Gasteiger partial charge in [-0.25, -0.2) is 9.97 Å². The quantitative estimate of drug-likeness (QED) is 0.703. The largest absolute Gasteiger partial charge is 0.373 e. The molecule has 0 atom stereocenters. The summed E-state index contributed by atoms with van der Waals surface area (Å²) in [5.74, 6) is 1.86. The van der Waals surface area contributed by atoms with E-state index in [1.54, 1.807) is 6.33 Å². The highest BCUT2D eigenvalue weighted by molar-refractivity contribution is 5.56. The van der Waals surface area contributed by atoms with Crippen LogP contribution < -0.4 is 10.6 Å². The first-order valence-corrected chi connectivity index (χ1v) is 6.09. The maximum Gasteiger partial charge on any atom is 0.134 e. The second-order valence-electron chi connectivity index (χ2n) is 4.24. The third-order valence-corrected chi connectivity index (χ3v) is 2.61. The third kappa shape index (κ3) is 4.19. The Bertz CT molecular complexity index is 338. The highest BCUT2D eigenvalue weighted by Crippen LogP contribution is 2.19. The molecule has 0 radical (unpaired) electrons. The molecule has 0 aliphatic carbocycles. The van der Waals surface area contributed by atoms with Gasteiger partial charge in [0.15, 0.2) is 0 Å². The van der Waals surface area contributed by atoms with E-state index in [0.29, 0.717) is 0 Å². The van der Waals surface area contributed by atoms with Crippen LogP contribution in [0.15, 0.2) is 6.33 Å². The van der Waals surface area contributed by atoms with Gasteiger partial charge in [-0.15, -0.1) is 0 Å². The average Bonchev–Trinajstić information content (AvgIpc) is 2.33. The molecule has 1 aromatic rings. The first-order valence-electron chi connectivity index (χ1n) is 6.09. The van der Waals surface area contributed by atoms with Crippen LogP contribution in [0, 0.1) is 0 Å². The third-order valence-electron chi connectivity index (χ3n) is 2.61. The van der Waals surface area contributed by atoms with E-state index in [4.69, 9.17) is 0 Å². The van der Waals surface area contributed by atoms with E-state index in [1.807, 2.05) is 7.05 Å². The Morgan fingerprint density at radius 3 is 2.53 bits per heavy atom. The normalized spacial score (nSPS) is 10.6. The maximum atomic E-state index is 4.30. The lowest BCUT2D eigenvalue weighted by molar-refractivity contribution is 0.405. The minimum atomic E-state index is 0.914. The minimum Gasteiger partial charge on any atom is -0.373 e. The molecule has 0 amide bonds. The molecule has 0 aliphatic rings. The summed E-state index contributed by atoms with van der Waals surface area (Å²) in [6, 6.07) is 0. The zero-order valence-corrected chi connectivity index (χ0v) is 11.2. The van der Waals surface area contributed by atoms with E-state index in [2.05, 4.69) is 46.5 Å². The van der Waals surface area contributed by atoms with E-state index < -0.39 is 0 Å². The van der Waals surface area contributed by atoms with E-state index >= 15 is 0 Å². The van der Waals surface area contributed by atoms with Gasteiger partial charge in [-0.2, -0.15) is 0 Å². The Labute approximate surface area is 104 Å². The number of nitrogens with zero attached hydrogens (tertiary/aromatic N) is 3. The Morgan fingerprint density at radius 1 is 1.24 bits per heavy atom. The highest BCUT2D eigenvalue weighted by atomic mass is 15.1. The lowest BCUT2D eigenvalue weighted by atomic mass is 10.2. The van der Waals surface area contributed by atoms with E-state index in [9.17, 15) is 0 Å². The second-order valence-corrected chi connectivity index (χ2v) is 4.24. The lowest BCUT2D eigenvalue weighted by Gasteiger charge is -2.14. The van der Waals surface area contributed by atoms with Crippen molar-refractivity contribution < 1.29 is 0 Å². The molecule has 0 aliphatic heterocycles. The molecule has 2 N–H and O–H groups in total. The monoisotopic (exact) mass is 237 g/mol. The summed E-state index contributed by atoms with van der Waals surface area (Å²) in [6.07, 6.45) is 3.63. The van der Waals surface area contributed by atoms with Crippen molar-refractivity contribution in [2.75, 3.05) is 44.9 Å². The van der Waals surface area contributed by atoms with Crippen molar-refractivity contribution in [1.29, 1.82) is 0 Å².